The van der Waals surface area contributed by atoms with E-state index in [1.54, 1.807) is 0 Å². The van der Waals surface area contributed by atoms with E-state index in [2.05, 4.69) is 106 Å². The van der Waals surface area contributed by atoms with Gasteiger partial charge in [-0.15, -0.1) is 0 Å². The molecule has 134 valence electrons. The quantitative estimate of drug-likeness (QED) is 0.364. The van der Waals surface area contributed by atoms with Crippen molar-refractivity contribution in [2.75, 3.05) is 0 Å². The fraction of sp³-hybridized carbons (Fsp3) is 0.0800. The zero-order valence-corrected chi connectivity index (χ0v) is 15.6. The molecule has 3 heteroatoms. The van der Waals surface area contributed by atoms with E-state index in [-0.39, 0.29) is 6.04 Å². The van der Waals surface area contributed by atoms with E-state index in [1.165, 1.54) is 44.4 Å². The maximum Gasteiger partial charge on any atom is 0.0743 e. The number of aromatic nitrogens is 2. The molecule has 0 aliphatic carbocycles. The number of para-hydroxylation sites is 2. The van der Waals surface area contributed by atoms with Crippen LogP contribution in [-0.2, 0) is 0 Å². The molecule has 0 spiro atoms. The van der Waals surface area contributed by atoms with E-state index in [4.69, 9.17) is 0 Å². The highest BCUT2D eigenvalue weighted by molar-refractivity contribution is 6.10. The molecule has 0 fully saturated rings. The van der Waals surface area contributed by atoms with Crippen LogP contribution in [0.25, 0.3) is 33.2 Å². The molecule has 28 heavy (non-hydrogen) atoms. The van der Waals surface area contributed by atoms with Crippen molar-refractivity contribution in [3.8, 4) is 11.4 Å². The second-order valence-corrected chi connectivity index (χ2v) is 7.37. The van der Waals surface area contributed by atoms with Crippen molar-refractivity contribution >= 4 is 28.0 Å². The molecular formula is C25H19N3. The molecule has 0 bridgehead atoms. The Balaban J connectivity index is 1.64. The van der Waals surface area contributed by atoms with Crippen LogP contribution >= 0.6 is 0 Å². The molecule has 6 rings (SSSR count). The first-order valence-corrected chi connectivity index (χ1v) is 9.65. The zero-order valence-electron chi connectivity index (χ0n) is 15.6. The summed E-state index contributed by atoms with van der Waals surface area (Å²) in [7, 11) is 0. The lowest BCUT2D eigenvalue weighted by atomic mass is 10.1. The normalized spacial score (nSPS) is 15.5. The Kier molecular flexibility index (Phi) is 3.15. The average Bonchev–Trinajstić information content (AvgIpc) is 3.41. The Morgan fingerprint density at radius 3 is 2.43 bits per heavy atom. The number of rotatable bonds is 2. The van der Waals surface area contributed by atoms with Crippen LogP contribution in [0, 0.1) is 0 Å². The molecule has 5 aromatic rings. The van der Waals surface area contributed by atoms with Gasteiger partial charge in [-0.3, -0.25) is 4.99 Å². The van der Waals surface area contributed by atoms with Crippen LogP contribution in [0.3, 0.4) is 0 Å². The predicted octanol–water partition coefficient (Wildman–Crippen LogP) is 6.07. The van der Waals surface area contributed by atoms with E-state index in [0.29, 0.717) is 0 Å². The van der Waals surface area contributed by atoms with Gasteiger partial charge in [0.15, 0.2) is 0 Å². The molecule has 1 aliphatic heterocycles. The molecule has 0 saturated carbocycles. The minimum absolute atomic E-state index is 0.250. The Bertz CT molecular complexity index is 1370. The molecule has 2 aromatic heterocycles. The van der Waals surface area contributed by atoms with Gasteiger partial charge in [0.25, 0.3) is 0 Å². The molecule has 1 atom stereocenters. The molecule has 1 aliphatic rings. The Morgan fingerprint density at radius 1 is 0.750 bits per heavy atom. The molecular weight excluding hydrogens is 342 g/mol. The maximum atomic E-state index is 4.56. The molecule has 1 unspecified atom stereocenters. The minimum atomic E-state index is 0.250. The summed E-state index contributed by atoms with van der Waals surface area (Å²) < 4.78 is 4.59. The number of benzene rings is 3. The SMILES string of the molecule is CC1N=Cc2c1ccn2-c1ccc2c(c1)c1ccccc1n2-c1ccccc1. The van der Waals surface area contributed by atoms with Gasteiger partial charge in [0.2, 0.25) is 0 Å². The summed E-state index contributed by atoms with van der Waals surface area (Å²) in [6.45, 7) is 2.14. The fourth-order valence-electron chi connectivity index (χ4n) is 4.40. The molecule has 0 N–H and O–H groups in total. The average molecular weight is 361 g/mol. The minimum Gasteiger partial charge on any atom is -0.315 e. The summed E-state index contributed by atoms with van der Waals surface area (Å²) in [6.07, 6.45) is 4.15. The van der Waals surface area contributed by atoms with Gasteiger partial charge in [-0.05, 0) is 49.4 Å². The number of hydrogen-bond donors (Lipinski definition) is 0. The van der Waals surface area contributed by atoms with Crippen molar-refractivity contribution in [1.29, 1.82) is 0 Å². The van der Waals surface area contributed by atoms with Gasteiger partial charge < -0.3 is 9.13 Å². The highest BCUT2D eigenvalue weighted by atomic mass is 15.0. The standard InChI is InChI=1S/C25H19N3/c1-17-20-13-14-27(25(20)16-26-17)19-11-12-24-22(15-19)21-9-5-6-10-23(21)28(24)18-7-3-2-4-8-18/h2-17H,1H3. The topological polar surface area (TPSA) is 22.2 Å². The summed E-state index contributed by atoms with van der Waals surface area (Å²) in [4.78, 5) is 4.56. The highest BCUT2D eigenvalue weighted by Crippen LogP contribution is 2.34. The second-order valence-electron chi connectivity index (χ2n) is 7.37. The largest absolute Gasteiger partial charge is 0.315 e. The summed E-state index contributed by atoms with van der Waals surface area (Å²) in [5.74, 6) is 0. The van der Waals surface area contributed by atoms with Crippen molar-refractivity contribution in [2.45, 2.75) is 13.0 Å². The molecule has 3 aromatic carbocycles. The molecule has 0 amide bonds. The monoisotopic (exact) mass is 361 g/mol. The van der Waals surface area contributed by atoms with Gasteiger partial charge in [0.05, 0.1) is 22.8 Å². The van der Waals surface area contributed by atoms with Crippen LogP contribution in [0.1, 0.15) is 24.2 Å². The number of hydrogen-bond acceptors (Lipinski definition) is 1. The van der Waals surface area contributed by atoms with Crippen molar-refractivity contribution in [3.05, 3.63) is 96.3 Å². The van der Waals surface area contributed by atoms with Gasteiger partial charge in [0.1, 0.15) is 0 Å². The molecule has 0 radical (unpaired) electrons. The van der Waals surface area contributed by atoms with E-state index in [0.717, 1.165) is 0 Å². The summed E-state index contributed by atoms with van der Waals surface area (Å²) in [5.41, 5.74) is 7.30. The molecule has 0 saturated heterocycles. The summed E-state index contributed by atoms with van der Waals surface area (Å²) >= 11 is 0. The molecule has 3 nitrogen and oxygen atoms in total. The van der Waals surface area contributed by atoms with Crippen LogP contribution in [0.2, 0.25) is 0 Å². The Hall–Kier alpha value is -3.59. The fourth-order valence-corrected chi connectivity index (χ4v) is 4.40. The van der Waals surface area contributed by atoms with Crippen molar-refractivity contribution in [3.63, 3.8) is 0 Å². The van der Waals surface area contributed by atoms with Crippen LogP contribution in [0.15, 0.2) is 90.1 Å². The Morgan fingerprint density at radius 2 is 1.54 bits per heavy atom. The lowest BCUT2D eigenvalue weighted by Gasteiger charge is -2.09. The third-order valence-corrected chi connectivity index (χ3v) is 5.78. The van der Waals surface area contributed by atoms with Crippen LogP contribution in [0.5, 0.6) is 0 Å². The van der Waals surface area contributed by atoms with Gasteiger partial charge in [-0.2, -0.15) is 0 Å². The second kappa shape index (κ2) is 5.70. The van der Waals surface area contributed by atoms with Gasteiger partial charge >= 0.3 is 0 Å². The first-order valence-electron chi connectivity index (χ1n) is 9.65. The summed E-state index contributed by atoms with van der Waals surface area (Å²) in [5, 5.41) is 2.54. The van der Waals surface area contributed by atoms with E-state index >= 15 is 0 Å². The number of aliphatic imine (C=N–C) groups is 1. The van der Waals surface area contributed by atoms with Gasteiger partial charge in [-0.25, -0.2) is 0 Å². The third kappa shape index (κ3) is 2.07. The lowest BCUT2D eigenvalue weighted by Crippen LogP contribution is -1.98. The van der Waals surface area contributed by atoms with Gasteiger partial charge in [0, 0.05) is 40.1 Å². The third-order valence-electron chi connectivity index (χ3n) is 5.78. The first-order chi connectivity index (χ1) is 13.8. The van der Waals surface area contributed by atoms with Crippen molar-refractivity contribution in [2.24, 2.45) is 4.99 Å². The van der Waals surface area contributed by atoms with Crippen molar-refractivity contribution in [1.82, 2.24) is 9.13 Å². The number of nitrogens with zero attached hydrogens (tertiary/aromatic N) is 3. The van der Waals surface area contributed by atoms with E-state index in [1.807, 2.05) is 6.21 Å². The smallest absolute Gasteiger partial charge is 0.0743 e. The van der Waals surface area contributed by atoms with E-state index < -0.39 is 0 Å². The Labute approximate surface area is 163 Å². The maximum absolute atomic E-state index is 4.56. The highest BCUT2D eigenvalue weighted by Gasteiger charge is 2.19. The lowest BCUT2D eigenvalue weighted by molar-refractivity contribution is 0.845. The molecule has 3 heterocycles. The first kappa shape index (κ1) is 15.5. The number of fused-ring (bicyclic) bond motifs is 4. The van der Waals surface area contributed by atoms with Crippen molar-refractivity contribution < 1.29 is 0 Å². The zero-order chi connectivity index (χ0) is 18.7. The summed E-state index contributed by atoms with van der Waals surface area (Å²) in [6, 6.07) is 28.4. The van der Waals surface area contributed by atoms with Gasteiger partial charge in [-0.1, -0.05) is 36.4 Å². The van der Waals surface area contributed by atoms with E-state index in [9.17, 15) is 0 Å². The predicted molar refractivity (Wildman–Crippen MR) is 116 cm³/mol. The van der Waals surface area contributed by atoms with Crippen LogP contribution < -0.4 is 0 Å². The van der Waals surface area contributed by atoms with Crippen LogP contribution in [0.4, 0.5) is 0 Å². The van der Waals surface area contributed by atoms with Crippen LogP contribution in [-0.4, -0.2) is 15.3 Å².